The van der Waals surface area contributed by atoms with Gasteiger partial charge in [0.05, 0.1) is 11.7 Å². The summed E-state index contributed by atoms with van der Waals surface area (Å²) in [5.74, 6) is 0.0916. The Bertz CT molecular complexity index is 847. The second kappa shape index (κ2) is 7.98. The molecular formula is C18H22ClN5O3. The molecule has 2 atom stereocenters. The maximum atomic E-state index is 12.5. The molecule has 0 saturated carbocycles. The Morgan fingerprint density at radius 3 is 3.00 bits per heavy atom. The molecule has 8 nitrogen and oxygen atoms in total. The minimum absolute atomic E-state index is 0. The standard InChI is InChI=1S/C18H21N5O3.ClH/c1-11-17(24)21-15-9-12(4-5-16(15)26-11)20-18(25)14-6-8-23(22-14)13-3-2-7-19-10-13;/h4-6,8-9,11,13,19H,2-3,7,10H2,1H3,(H,20,25)(H,21,24);1H. The molecule has 1 aromatic heterocycles. The molecule has 9 heteroatoms. The van der Waals surface area contributed by atoms with Gasteiger partial charge < -0.3 is 20.7 Å². The van der Waals surface area contributed by atoms with Crippen molar-refractivity contribution in [2.75, 3.05) is 23.7 Å². The number of anilines is 2. The van der Waals surface area contributed by atoms with Gasteiger partial charge in [-0.25, -0.2) is 0 Å². The molecule has 2 aromatic rings. The zero-order valence-electron chi connectivity index (χ0n) is 14.9. The molecule has 0 aliphatic carbocycles. The highest BCUT2D eigenvalue weighted by Gasteiger charge is 2.24. The highest BCUT2D eigenvalue weighted by molar-refractivity contribution is 6.04. The van der Waals surface area contributed by atoms with E-state index in [1.54, 1.807) is 31.2 Å². The van der Waals surface area contributed by atoms with Gasteiger partial charge in [0.15, 0.2) is 11.8 Å². The number of ether oxygens (including phenoxy) is 1. The van der Waals surface area contributed by atoms with E-state index in [4.69, 9.17) is 4.74 Å². The molecule has 27 heavy (non-hydrogen) atoms. The Labute approximate surface area is 163 Å². The van der Waals surface area contributed by atoms with E-state index < -0.39 is 6.10 Å². The average molecular weight is 392 g/mol. The number of hydrogen-bond donors (Lipinski definition) is 3. The molecule has 4 rings (SSSR count). The summed E-state index contributed by atoms with van der Waals surface area (Å²) in [7, 11) is 0. The zero-order valence-corrected chi connectivity index (χ0v) is 15.7. The number of nitrogens with one attached hydrogen (secondary N) is 3. The third-order valence-corrected chi connectivity index (χ3v) is 4.65. The number of rotatable bonds is 3. The van der Waals surface area contributed by atoms with Crippen LogP contribution in [0.15, 0.2) is 30.5 Å². The van der Waals surface area contributed by atoms with Crippen LogP contribution in [-0.2, 0) is 4.79 Å². The van der Waals surface area contributed by atoms with E-state index in [-0.39, 0.29) is 30.3 Å². The summed E-state index contributed by atoms with van der Waals surface area (Å²) in [6.07, 6.45) is 3.47. The minimum atomic E-state index is -0.527. The van der Waals surface area contributed by atoms with Crippen LogP contribution in [0, 0.1) is 0 Å². The zero-order chi connectivity index (χ0) is 18.1. The van der Waals surface area contributed by atoms with Crippen LogP contribution in [0.4, 0.5) is 11.4 Å². The van der Waals surface area contributed by atoms with Crippen LogP contribution in [0.5, 0.6) is 5.75 Å². The molecule has 1 saturated heterocycles. The third kappa shape index (κ3) is 4.06. The van der Waals surface area contributed by atoms with Gasteiger partial charge in [0.1, 0.15) is 5.75 Å². The molecule has 2 unspecified atom stereocenters. The Kier molecular flexibility index (Phi) is 5.67. The van der Waals surface area contributed by atoms with Crippen molar-refractivity contribution in [1.82, 2.24) is 15.1 Å². The number of fused-ring (bicyclic) bond motifs is 1. The fourth-order valence-electron chi connectivity index (χ4n) is 3.20. The predicted molar refractivity (Wildman–Crippen MR) is 104 cm³/mol. The second-order valence-corrected chi connectivity index (χ2v) is 6.60. The van der Waals surface area contributed by atoms with Crippen molar-refractivity contribution in [2.45, 2.75) is 31.9 Å². The van der Waals surface area contributed by atoms with Crippen LogP contribution in [-0.4, -0.2) is 40.8 Å². The van der Waals surface area contributed by atoms with E-state index in [1.807, 2.05) is 10.9 Å². The predicted octanol–water partition coefficient (Wildman–Crippen LogP) is 2.20. The summed E-state index contributed by atoms with van der Waals surface area (Å²) in [6.45, 7) is 3.58. The smallest absolute Gasteiger partial charge is 0.276 e. The van der Waals surface area contributed by atoms with Gasteiger partial charge in [0.25, 0.3) is 11.8 Å². The number of piperidine rings is 1. The van der Waals surface area contributed by atoms with E-state index in [1.165, 1.54) is 0 Å². The highest BCUT2D eigenvalue weighted by atomic mass is 35.5. The van der Waals surface area contributed by atoms with Crippen molar-refractivity contribution in [2.24, 2.45) is 0 Å². The largest absolute Gasteiger partial charge is 0.479 e. The first kappa shape index (κ1) is 19.2. The first-order valence-corrected chi connectivity index (χ1v) is 8.79. The molecule has 2 aliphatic rings. The lowest BCUT2D eigenvalue weighted by Crippen LogP contribution is -2.34. The quantitative estimate of drug-likeness (QED) is 0.745. The molecule has 3 N–H and O–H groups in total. The highest BCUT2D eigenvalue weighted by Crippen LogP contribution is 2.32. The third-order valence-electron chi connectivity index (χ3n) is 4.65. The van der Waals surface area contributed by atoms with E-state index >= 15 is 0 Å². The minimum Gasteiger partial charge on any atom is -0.479 e. The van der Waals surface area contributed by atoms with E-state index in [0.717, 1.165) is 25.9 Å². The first-order chi connectivity index (χ1) is 12.6. The maximum absolute atomic E-state index is 12.5. The van der Waals surface area contributed by atoms with Crippen molar-refractivity contribution in [3.05, 3.63) is 36.2 Å². The SMILES string of the molecule is CC1Oc2ccc(NC(=O)c3ccn(C4CCCNC4)n3)cc2NC1=O.Cl. The van der Waals surface area contributed by atoms with Crippen LogP contribution in [0.3, 0.4) is 0 Å². The van der Waals surface area contributed by atoms with Crippen LogP contribution in [0.1, 0.15) is 36.3 Å². The lowest BCUT2D eigenvalue weighted by Gasteiger charge is -2.23. The van der Waals surface area contributed by atoms with E-state index in [9.17, 15) is 9.59 Å². The van der Waals surface area contributed by atoms with Gasteiger partial charge in [-0.15, -0.1) is 12.4 Å². The molecule has 0 bridgehead atoms. The monoisotopic (exact) mass is 391 g/mol. The maximum Gasteiger partial charge on any atom is 0.276 e. The Morgan fingerprint density at radius 2 is 2.22 bits per heavy atom. The fraction of sp³-hybridized carbons (Fsp3) is 0.389. The Morgan fingerprint density at radius 1 is 1.37 bits per heavy atom. The van der Waals surface area contributed by atoms with Crippen molar-refractivity contribution in [3.63, 3.8) is 0 Å². The van der Waals surface area contributed by atoms with Gasteiger partial charge in [0.2, 0.25) is 0 Å². The Balaban J connectivity index is 0.00000210. The van der Waals surface area contributed by atoms with Gasteiger partial charge in [0, 0.05) is 18.4 Å². The molecule has 144 valence electrons. The van der Waals surface area contributed by atoms with Gasteiger partial charge in [-0.2, -0.15) is 5.10 Å². The van der Waals surface area contributed by atoms with Crippen LogP contribution >= 0.6 is 12.4 Å². The van der Waals surface area contributed by atoms with Crippen molar-refractivity contribution in [1.29, 1.82) is 0 Å². The molecule has 0 radical (unpaired) electrons. The van der Waals surface area contributed by atoms with Crippen LogP contribution in [0.25, 0.3) is 0 Å². The number of nitrogens with zero attached hydrogens (tertiary/aromatic N) is 2. The van der Waals surface area contributed by atoms with Crippen molar-refractivity contribution < 1.29 is 14.3 Å². The van der Waals surface area contributed by atoms with Crippen LogP contribution < -0.4 is 20.7 Å². The topological polar surface area (TPSA) is 97.3 Å². The molecule has 2 amide bonds. The number of benzene rings is 1. The molecule has 1 fully saturated rings. The summed E-state index contributed by atoms with van der Waals surface area (Å²) in [6, 6.07) is 7.15. The summed E-state index contributed by atoms with van der Waals surface area (Å²) >= 11 is 0. The number of aromatic nitrogens is 2. The average Bonchev–Trinajstić information content (AvgIpc) is 3.14. The van der Waals surface area contributed by atoms with Gasteiger partial charge in [-0.1, -0.05) is 0 Å². The number of carbonyl (C=O) groups is 2. The Hall–Kier alpha value is -2.58. The van der Waals surface area contributed by atoms with Crippen molar-refractivity contribution >= 4 is 35.6 Å². The molecular weight excluding hydrogens is 370 g/mol. The lowest BCUT2D eigenvalue weighted by atomic mass is 10.1. The molecule has 0 spiro atoms. The van der Waals surface area contributed by atoms with Gasteiger partial charge in [-0.05, 0) is 50.6 Å². The molecule has 3 heterocycles. The number of amides is 2. The number of hydrogen-bond acceptors (Lipinski definition) is 5. The lowest BCUT2D eigenvalue weighted by molar-refractivity contribution is -0.122. The molecule has 2 aliphatic heterocycles. The van der Waals surface area contributed by atoms with E-state index in [0.29, 0.717) is 22.8 Å². The van der Waals surface area contributed by atoms with Gasteiger partial charge >= 0.3 is 0 Å². The van der Waals surface area contributed by atoms with Gasteiger partial charge in [-0.3, -0.25) is 14.3 Å². The summed E-state index contributed by atoms with van der Waals surface area (Å²) < 4.78 is 7.36. The summed E-state index contributed by atoms with van der Waals surface area (Å²) in [5.41, 5.74) is 1.48. The normalized spacial score (nSPS) is 21.3. The summed E-state index contributed by atoms with van der Waals surface area (Å²) in [4.78, 5) is 24.2. The van der Waals surface area contributed by atoms with E-state index in [2.05, 4.69) is 21.0 Å². The summed E-state index contributed by atoms with van der Waals surface area (Å²) in [5, 5.41) is 13.3. The number of carbonyl (C=O) groups excluding carboxylic acids is 2. The molecule has 1 aromatic carbocycles. The number of halogens is 1. The second-order valence-electron chi connectivity index (χ2n) is 6.60. The first-order valence-electron chi connectivity index (χ1n) is 8.79. The fourth-order valence-corrected chi connectivity index (χ4v) is 3.20. The van der Waals surface area contributed by atoms with Crippen LogP contribution in [0.2, 0.25) is 0 Å². The van der Waals surface area contributed by atoms with Crippen molar-refractivity contribution in [3.8, 4) is 5.75 Å².